The van der Waals surface area contributed by atoms with Crippen molar-refractivity contribution in [2.75, 3.05) is 13.7 Å². The zero-order chi connectivity index (χ0) is 15.5. The van der Waals surface area contributed by atoms with E-state index >= 15 is 0 Å². The fraction of sp³-hybridized carbons (Fsp3) is 0.333. The van der Waals surface area contributed by atoms with Crippen LogP contribution in [0.25, 0.3) is 0 Å². The summed E-state index contributed by atoms with van der Waals surface area (Å²) in [7, 11) is 1.63. The number of rotatable bonds is 6. The van der Waals surface area contributed by atoms with Crippen molar-refractivity contribution < 1.29 is 9.13 Å². The molecular formula is C18H20Cl2FNO. The molecule has 0 aliphatic heterocycles. The summed E-state index contributed by atoms with van der Waals surface area (Å²) in [4.78, 5) is 0. The third kappa shape index (κ3) is 4.37. The smallest absolute Gasteiger partial charge is 0.123 e. The zero-order valence-corrected chi connectivity index (χ0v) is 14.5. The first-order valence-corrected chi connectivity index (χ1v) is 7.84. The Bertz CT molecular complexity index is 665. The Morgan fingerprint density at radius 3 is 2.78 bits per heavy atom. The molecule has 1 fully saturated rings. The second kappa shape index (κ2) is 8.00. The lowest BCUT2D eigenvalue weighted by molar-refractivity contribution is 0.407. The highest BCUT2D eigenvalue weighted by Gasteiger charge is 2.39. The third-order valence-electron chi connectivity index (χ3n) is 4.19. The Morgan fingerprint density at radius 1 is 1.26 bits per heavy atom. The fourth-order valence-electron chi connectivity index (χ4n) is 2.88. The molecule has 3 rings (SSSR count). The monoisotopic (exact) mass is 355 g/mol. The average molecular weight is 356 g/mol. The first-order valence-electron chi connectivity index (χ1n) is 7.46. The Kier molecular flexibility index (Phi) is 6.28. The van der Waals surface area contributed by atoms with Crippen LogP contribution in [-0.2, 0) is 6.54 Å². The standard InChI is InChI=1S/C18H19ClFNO.ClH/c1-22-18-7-6-14(20)9-16(18)15-8-13(15)11-21-10-12-4-2-3-5-17(12)19;/h2-7,9,13,15,21H,8,10-11H2,1H3;1H/t13-,15+;/m1./s1. The molecule has 0 saturated heterocycles. The van der Waals surface area contributed by atoms with E-state index in [1.54, 1.807) is 19.2 Å². The minimum atomic E-state index is -0.203. The highest BCUT2D eigenvalue weighted by molar-refractivity contribution is 6.31. The molecule has 1 aliphatic rings. The van der Waals surface area contributed by atoms with Crippen LogP contribution in [0.1, 0.15) is 23.5 Å². The Labute approximate surface area is 147 Å². The van der Waals surface area contributed by atoms with Gasteiger partial charge in [0.25, 0.3) is 0 Å². The lowest BCUT2D eigenvalue weighted by atomic mass is 10.1. The van der Waals surface area contributed by atoms with E-state index in [0.717, 1.165) is 41.4 Å². The molecule has 0 bridgehead atoms. The van der Waals surface area contributed by atoms with Crippen molar-refractivity contribution in [3.8, 4) is 5.75 Å². The van der Waals surface area contributed by atoms with Crippen LogP contribution in [0.15, 0.2) is 42.5 Å². The van der Waals surface area contributed by atoms with Crippen molar-refractivity contribution in [2.45, 2.75) is 18.9 Å². The van der Waals surface area contributed by atoms with Crippen molar-refractivity contribution in [3.05, 3.63) is 64.4 Å². The Morgan fingerprint density at radius 2 is 2.04 bits per heavy atom. The number of ether oxygens (including phenoxy) is 1. The van der Waals surface area contributed by atoms with Gasteiger partial charge in [0, 0.05) is 17.1 Å². The van der Waals surface area contributed by atoms with Crippen LogP contribution in [0.2, 0.25) is 5.02 Å². The summed E-state index contributed by atoms with van der Waals surface area (Å²) in [5.74, 6) is 1.48. The van der Waals surface area contributed by atoms with Crippen LogP contribution >= 0.6 is 24.0 Å². The van der Waals surface area contributed by atoms with Gasteiger partial charge in [-0.15, -0.1) is 12.4 Å². The van der Waals surface area contributed by atoms with Gasteiger partial charge >= 0.3 is 0 Å². The quantitative estimate of drug-likeness (QED) is 0.803. The fourth-order valence-corrected chi connectivity index (χ4v) is 3.09. The van der Waals surface area contributed by atoms with E-state index in [-0.39, 0.29) is 18.2 Å². The maximum absolute atomic E-state index is 13.4. The molecule has 124 valence electrons. The molecule has 5 heteroatoms. The van der Waals surface area contributed by atoms with Gasteiger partial charge in [0.05, 0.1) is 7.11 Å². The lowest BCUT2D eigenvalue weighted by Gasteiger charge is -2.09. The van der Waals surface area contributed by atoms with Gasteiger partial charge in [-0.1, -0.05) is 29.8 Å². The van der Waals surface area contributed by atoms with Gasteiger partial charge in [0.2, 0.25) is 0 Å². The second-order valence-electron chi connectivity index (χ2n) is 5.71. The molecule has 1 aliphatic carbocycles. The third-order valence-corrected chi connectivity index (χ3v) is 4.56. The largest absolute Gasteiger partial charge is 0.496 e. The van der Waals surface area contributed by atoms with Crippen LogP contribution < -0.4 is 10.1 Å². The first-order chi connectivity index (χ1) is 10.7. The highest BCUT2D eigenvalue weighted by Crippen LogP contribution is 2.50. The van der Waals surface area contributed by atoms with Crippen molar-refractivity contribution in [1.29, 1.82) is 0 Å². The van der Waals surface area contributed by atoms with Gasteiger partial charge in [0.1, 0.15) is 11.6 Å². The van der Waals surface area contributed by atoms with Gasteiger partial charge in [-0.2, -0.15) is 0 Å². The number of methoxy groups -OCH3 is 1. The summed E-state index contributed by atoms with van der Waals surface area (Å²) in [6.45, 7) is 1.65. The van der Waals surface area contributed by atoms with Crippen LogP contribution in [-0.4, -0.2) is 13.7 Å². The maximum atomic E-state index is 13.4. The summed E-state index contributed by atoms with van der Waals surface area (Å²) in [6, 6.07) is 12.6. The molecule has 0 radical (unpaired) electrons. The average Bonchev–Trinajstić information content (AvgIpc) is 3.28. The molecule has 2 aromatic carbocycles. The van der Waals surface area contributed by atoms with E-state index in [0.29, 0.717) is 11.8 Å². The van der Waals surface area contributed by atoms with E-state index in [2.05, 4.69) is 5.32 Å². The van der Waals surface area contributed by atoms with E-state index in [1.165, 1.54) is 6.07 Å². The summed E-state index contributed by atoms with van der Waals surface area (Å²) in [6.07, 6.45) is 1.06. The minimum absolute atomic E-state index is 0. The maximum Gasteiger partial charge on any atom is 0.123 e. The van der Waals surface area contributed by atoms with Crippen molar-refractivity contribution in [1.82, 2.24) is 5.32 Å². The predicted molar refractivity (Wildman–Crippen MR) is 94.2 cm³/mol. The van der Waals surface area contributed by atoms with Crippen molar-refractivity contribution >= 4 is 24.0 Å². The van der Waals surface area contributed by atoms with Gasteiger partial charge in [-0.25, -0.2) is 4.39 Å². The Balaban J connectivity index is 0.00000192. The molecular weight excluding hydrogens is 336 g/mol. The number of halogens is 3. The highest BCUT2D eigenvalue weighted by atomic mass is 35.5. The molecule has 1 saturated carbocycles. The van der Waals surface area contributed by atoms with Crippen LogP contribution in [0.5, 0.6) is 5.75 Å². The zero-order valence-electron chi connectivity index (χ0n) is 12.9. The van der Waals surface area contributed by atoms with Gasteiger partial charge in [-0.3, -0.25) is 0 Å². The molecule has 0 aromatic heterocycles. The first kappa shape index (κ1) is 18.1. The summed E-state index contributed by atoms with van der Waals surface area (Å²) < 4.78 is 18.8. The van der Waals surface area contributed by atoms with Gasteiger partial charge in [0.15, 0.2) is 0 Å². The summed E-state index contributed by atoms with van der Waals surface area (Å²) >= 11 is 6.14. The number of benzene rings is 2. The molecule has 2 nitrogen and oxygen atoms in total. The molecule has 0 unspecified atom stereocenters. The molecule has 1 N–H and O–H groups in total. The number of hydrogen-bond donors (Lipinski definition) is 1. The van der Waals surface area contributed by atoms with E-state index in [9.17, 15) is 4.39 Å². The van der Waals surface area contributed by atoms with E-state index < -0.39 is 0 Å². The second-order valence-corrected chi connectivity index (χ2v) is 6.12. The predicted octanol–water partition coefficient (Wildman–Crippen LogP) is 4.80. The molecule has 2 atom stereocenters. The molecule has 0 spiro atoms. The lowest BCUT2D eigenvalue weighted by Crippen LogP contribution is -2.17. The Hall–Kier alpha value is -1.29. The van der Waals surface area contributed by atoms with Crippen molar-refractivity contribution in [2.24, 2.45) is 5.92 Å². The van der Waals surface area contributed by atoms with Crippen molar-refractivity contribution in [3.63, 3.8) is 0 Å². The van der Waals surface area contributed by atoms with Crippen LogP contribution in [0.4, 0.5) is 4.39 Å². The van der Waals surface area contributed by atoms with Crippen LogP contribution in [0.3, 0.4) is 0 Å². The summed E-state index contributed by atoms with van der Waals surface area (Å²) in [5.41, 5.74) is 2.08. The molecule has 23 heavy (non-hydrogen) atoms. The van der Waals surface area contributed by atoms with E-state index in [1.807, 2.05) is 24.3 Å². The summed E-state index contributed by atoms with van der Waals surface area (Å²) in [5, 5.41) is 4.22. The number of hydrogen-bond acceptors (Lipinski definition) is 2. The SMILES string of the molecule is COc1ccc(F)cc1[C@H]1C[C@@H]1CNCc1ccccc1Cl.Cl. The normalized spacial score (nSPS) is 19.1. The van der Waals surface area contributed by atoms with Gasteiger partial charge < -0.3 is 10.1 Å². The topological polar surface area (TPSA) is 21.3 Å². The molecule has 2 aromatic rings. The molecule has 0 heterocycles. The minimum Gasteiger partial charge on any atom is -0.496 e. The molecule has 0 amide bonds. The van der Waals surface area contributed by atoms with Crippen LogP contribution in [0, 0.1) is 11.7 Å². The number of nitrogens with one attached hydrogen (secondary N) is 1. The van der Waals surface area contributed by atoms with E-state index in [4.69, 9.17) is 16.3 Å². The van der Waals surface area contributed by atoms with Gasteiger partial charge in [-0.05, 0) is 54.6 Å².